The number of hydrogen-bond acceptors (Lipinski definition) is 4. The van der Waals surface area contributed by atoms with Gasteiger partial charge in [-0.2, -0.15) is 4.99 Å². The monoisotopic (exact) mass is 265 g/mol. The molecular formula is C13H12ClNO3. The summed E-state index contributed by atoms with van der Waals surface area (Å²) in [4.78, 5) is 14.5. The van der Waals surface area contributed by atoms with Crippen molar-refractivity contribution < 1.29 is 14.3 Å². The van der Waals surface area contributed by atoms with Gasteiger partial charge < -0.3 is 9.47 Å². The van der Waals surface area contributed by atoms with E-state index in [9.17, 15) is 4.79 Å². The zero-order valence-electron chi connectivity index (χ0n) is 9.96. The van der Waals surface area contributed by atoms with Crippen molar-refractivity contribution in [1.82, 2.24) is 0 Å². The third-order valence-corrected chi connectivity index (χ3v) is 3.78. The predicted octanol–water partition coefficient (Wildman–Crippen LogP) is 2.74. The standard InChI is InChI=1S/C13H12ClNO3/c1-8-9(13(2-3-13)15-7-16)6-10(14)12-11(8)17-4-5-18-12/h6H,2-5H2,1H3. The Morgan fingerprint density at radius 2 is 2.00 bits per heavy atom. The number of hydrogen-bond donors (Lipinski definition) is 0. The van der Waals surface area contributed by atoms with Crippen molar-refractivity contribution in [3.63, 3.8) is 0 Å². The fourth-order valence-electron chi connectivity index (χ4n) is 2.43. The molecule has 94 valence electrons. The van der Waals surface area contributed by atoms with Crippen LogP contribution in [0.2, 0.25) is 5.02 Å². The largest absolute Gasteiger partial charge is 0.486 e. The highest BCUT2D eigenvalue weighted by Gasteiger charge is 2.47. The first-order chi connectivity index (χ1) is 8.68. The van der Waals surface area contributed by atoms with E-state index in [1.54, 1.807) is 6.08 Å². The van der Waals surface area contributed by atoms with Crippen molar-refractivity contribution in [3.05, 3.63) is 22.2 Å². The lowest BCUT2D eigenvalue weighted by Gasteiger charge is -2.24. The number of aliphatic imine (C=N–C) groups is 1. The number of isocyanates is 1. The molecule has 1 aliphatic carbocycles. The molecule has 1 fully saturated rings. The minimum absolute atomic E-state index is 0.439. The van der Waals surface area contributed by atoms with Crippen molar-refractivity contribution in [1.29, 1.82) is 0 Å². The van der Waals surface area contributed by atoms with Gasteiger partial charge in [0.1, 0.15) is 13.2 Å². The highest BCUT2D eigenvalue weighted by atomic mass is 35.5. The van der Waals surface area contributed by atoms with Crippen molar-refractivity contribution in [3.8, 4) is 11.5 Å². The van der Waals surface area contributed by atoms with Gasteiger partial charge in [-0.1, -0.05) is 11.6 Å². The van der Waals surface area contributed by atoms with E-state index in [-0.39, 0.29) is 0 Å². The first-order valence-corrected chi connectivity index (χ1v) is 6.24. The molecule has 1 saturated carbocycles. The normalized spacial score (nSPS) is 19.0. The molecule has 0 amide bonds. The minimum atomic E-state index is -0.439. The Balaban J connectivity index is 2.17. The molecule has 1 aromatic rings. The van der Waals surface area contributed by atoms with Crippen molar-refractivity contribution in [2.45, 2.75) is 25.3 Å². The molecule has 0 saturated heterocycles. The van der Waals surface area contributed by atoms with E-state index in [1.807, 2.05) is 13.0 Å². The van der Waals surface area contributed by atoms with Crippen LogP contribution in [0.15, 0.2) is 11.1 Å². The molecule has 0 radical (unpaired) electrons. The second-order valence-corrected chi connectivity index (χ2v) is 5.03. The number of fused-ring (bicyclic) bond motifs is 1. The van der Waals surface area contributed by atoms with E-state index in [0.717, 1.165) is 24.0 Å². The van der Waals surface area contributed by atoms with Crippen LogP contribution < -0.4 is 9.47 Å². The molecule has 5 heteroatoms. The molecule has 2 aliphatic rings. The summed E-state index contributed by atoms with van der Waals surface area (Å²) in [5, 5.41) is 0.512. The molecule has 0 spiro atoms. The summed E-state index contributed by atoms with van der Waals surface area (Å²) < 4.78 is 11.1. The summed E-state index contributed by atoms with van der Waals surface area (Å²) in [5.41, 5.74) is 1.45. The van der Waals surface area contributed by atoms with Crippen LogP contribution >= 0.6 is 11.6 Å². The lowest BCUT2D eigenvalue weighted by Crippen LogP contribution is -2.18. The van der Waals surface area contributed by atoms with Crippen molar-refractivity contribution in [2.75, 3.05) is 13.2 Å². The Morgan fingerprint density at radius 3 is 2.61 bits per heavy atom. The second-order valence-electron chi connectivity index (χ2n) is 4.62. The first-order valence-electron chi connectivity index (χ1n) is 5.86. The lowest BCUT2D eigenvalue weighted by atomic mass is 9.98. The average Bonchev–Trinajstić information content (AvgIpc) is 3.15. The lowest BCUT2D eigenvalue weighted by molar-refractivity contribution is 0.170. The molecule has 0 N–H and O–H groups in total. The average molecular weight is 266 g/mol. The molecule has 4 nitrogen and oxygen atoms in total. The van der Waals surface area contributed by atoms with Crippen LogP contribution in [0.3, 0.4) is 0 Å². The van der Waals surface area contributed by atoms with Crippen molar-refractivity contribution >= 4 is 17.7 Å². The fraction of sp³-hybridized carbons (Fsp3) is 0.462. The summed E-state index contributed by atoms with van der Waals surface area (Å²) in [6.45, 7) is 2.96. The number of carbonyl (C=O) groups excluding carboxylic acids is 1. The maximum Gasteiger partial charge on any atom is 0.235 e. The molecule has 0 bridgehead atoms. The van der Waals surface area contributed by atoms with Crippen LogP contribution in [0, 0.1) is 6.92 Å². The molecule has 1 heterocycles. The summed E-state index contributed by atoms with van der Waals surface area (Å²) in [5.74, 6) is 1.27. The van der Waals surface area contributed by atoms with Gasteiger partial charge in [-0.05, 0) is 31.4 Å². The molecule has 3 rings (SSSR count). The highest BCUT2D eigenvalue weighted by molar-refractivity contribution is 6.32. The summed E-state index contributed by atoms with van der Waals surface area (Å²) in [6.07, 6.45) is 3.35. The maximum absolute atomic E-state index is 10.5. The van der Waals surface area contributed by atoms with Crippen LogP contribution in [0.1, 0.15) is 24.0 Å². The molecule has 0 aromatic heterocycles. The van der Waals surface area contributed by atoms with Crippen molar-refractivity contribution in [2.24, 2.45) is 4.99 Å². The Bertz CT molecular complexity index is 560. The van der Waals surface area contributed by atoms with E-state index in [0.29, 0.717) is 29.7 Å². The van der Waals surface area contributed by atoms with Gasteiger partial charge in [0.2, 0.25) is 6.08 Å². The van der Waals surface area contributed by atoms with Gasteiger partial charge in [-0.3, -0.25) is 0 Å². The molecule has 0 atom stereocenters. The van der Waals surface area contributed by atoms with Gasteiger partial charge in [-0.25, -0.2) is 4.79 Å². The van der Waals surface area contributed by atoms with E-state index >= 15 is 0 Å². The third-order valence-electron chi connectivity index (χ3n) is 3.50. The zero-order valence-corrected chi connectivity index (χ0v) is 10.7. The van der Waals surface area contributed by atoms with Gasteiger partial charge in [0, 0.05) is 5.56 Å². The second kappa shape index (κ2) is 4.01. The van der Waals surface area contributed by atoms with E-state index in [1.165, 1.54) is 0 Å². The molecule has 0 unspecified atom stereocenters. The number of halogens is 1. The van der Waals surface area contributed by atoms with Gasteiger partial charge in [0.25, 0.3) is 0 Å². The summed E-state index contributed by atoms with van der Waals surface area (Å²) in [6, 6.07) is 1.83. The molecule has 1 aliphatic heterocycles. The third kappa shape index (κ3) is 1.61. The van der Waals surface area contributed by atoms with Crippen LogP contribution in [-0.2, 0) is 10.3 Å². The van der Waals surface area contributed by atoms with Crippen LogP contribution in [0.5, 0.6) is 11.5 Å². The van der Waals surface area contributed by atoms with Gasteiger partial charge in [0.15, 0.2) is 11.5 Å². The number of benzene rings is 1. The van der Waals surface area contributed by atoms with Crippen LogP contribution in [0.4, 0.5) is 0 Å². The molecule has 1 aromatic carbocycles. The van der Waals surface area contributed by atoms with E-state index in [4.69, 9.17) is 21.1 Å². The Kier molecular flexibility index (Phi) is 2.58. The topological polar surface area (TPSA) is 47.9 Å². The summed E-state index contributed by atoms with van der Waals surface area (Å²) >= 11 is 6.21. The number of ether oxygens (including phenoxy) is 2. The smallest absolute Gasteiger partial charge is 0.235 e. The van der Waals surface area contributed by atoms with E-state index in [2.05, 4.69) is 4.99 Å². The fourth-order valence-corrected chi connectivity index (χ4v) is 2.68. The Morgan fingerprint density at radius 1 is 1.33 bits per heavy atom. The highest BCUT2D eigenvalue weighted by Crippen LogP contribution is 2.54. The maximum atomic E-state index is 10.5. The Hall–Kier alpha value is -1.51. The Labute approximate surface area is 110 Å². The first kappa shape index (κ1) is 11.6. The SMILES string of the molecule is Cc1c(C2(N=C=O)CC2)cc(Cl)c2c1OCCO2. The zero-order chi connectivity index (χ0) is 12.8. The quantitative estimate of drug-likeness (QED) is 0.610. The molecule has 18 heavy (non-hydrogen) atoms. The molecular weight excluding hydrogens is 254 g/mol. The van der Waals surface area contributed by atoms with Gasteiger partial charge in [-0.15, -0.1) is 0 Å². The number of nitrogens with zero attached hydrogens (tertiary/aromatic N) is 1. The van der Waals surface area contributed by atoms with Crippen LogP contribution in [0.25, 0.3) is 0 Å². The predicted molar refractivity (Wildman–Crippen MR) is 66.2 cm³/mol. The summed E-state index contributed by atoms with van der Waals surface area (Å²) in [7, 11) is 0. The number of rotatable bonds is 2. The van der Waals surface area contributed by atoms with Gasteiger partial charge in [0.05, 0.1) is 10.6 Å². The van der Waals surface area contributed by atoms with Gasteiger partial charge >= 0.3 is 0 Å². The van der Waals surface area contributed by atoms with E-state index < -0.39 is 5.54 Å². The van der Waals surface area contributed by atoms with Crippen LogP contribution in [-0.4, -0.2) is 19.3 Å². The minimum Gasteiger partial charge on any atom is -0.486 e.